The van der Waals surface area contributed by atoms with Crippen molar-refractivity contribution in [3.05, 3.63) is 0 Å². The first-order valence-corrected chi connectivity index (χ1v) is 12.2. The van der Waals surface area contributed by atoms with E-state index in [2.05, 4.69) is 34.6 Å². The molecule has 31 heavy (non-hydrogen) atoms. The van der Waals surface area contributed by atoms with E-state index in [0.717, 1.165) is 19.4 Å². The molecule has 0 atom stereocenters. The molecule has 0 aromatic carbocycles. The molecule has 0 rings (SSSR count). The maximum atomic E-state index is 11.9. The van der Waals surface area contributed by atoms with Gasteiger partial charge < -0.3 is 19.3 Å². The number of unbranched alkanes of at least 4 members (excludes halogenated alkanes) is 1. The SMILES string of the molecule is CC(C)OCCC(=O)N(C(C)C)C(C)C.CCCCOCCC(=O)N(C(C)C)C(C)C. The van der Waals surface area contributed by atoms with Crippen molar-refractivity contribution in [1.29, 1.82) is 0 Å². The quantitative estimate of drug-likeness (QED) is 0.342. The maximum Gasteiger partial charge on any atom is 0.225 e. The van der Waals surface area contributed by atoms with Crippen molar-refractivity contribution in [3.63, 3.8) is 0 Å². The van der Waals surface area contributed by atoms with Gasteiger partial charge in [0.1, 0.15) is 0 Å². The Kier molecular flexibility index (Phi) is 19.1. The van der Waals surface area contributed by atoms with Gasteiger partial charge in [0.25, 0.3) is 0 Å². The second kappa shape index (κ2) is 18.4. The number of nitrogens with zero attached hydrogens (tertiary/aromatic N) is 2. The van der Waals surface area contributed by atoms with E-state index in [1.54, 1.807) is 0 Å². The first-order valence-electron chi connectivity index (χ1n) is 12.2. The molecule has 6 nitrogen and oxygen atoms in total. The van der Waals surface area contributed by atoms with Gasteiger partial charge in [-0.25, -0.2) is 0 Å². The van der Waals surface area contributed by atoms with Crippen LogP contribution in [0.25, 0.3) is 0 Å². The summed E-state index contributed by atoms with van der Waals surface area (Å²) >= 11 is 0. The van der Waals surface area contributed by atoms with E-state index in [9.17, 15) is 9.59 Å². The fourth-order valence-electron chi connectivity index (χ4n) is 3.49. The third-order valence-corrected chi connectivity index (χ3v) is 4.67. The van der Waals surface area contributed by atoms with Crippen LogP contribution in [0.1, 0.15) is 102 Å². The highest BCUT2D eigenvalue weighted by molar-refractivity contribution is 5.77. The van der Waals surface area contributed by atoms with Crippen molar-refractivity contribution in [2.75, 3.05) is 19.8 Å². The Morgan fingerprint density at radius 3 is 1.35 bits per heavy atom. The van der Waals surface area contributed by atoms with Gasteiger partial charge >= 0.3 is 0 Å². The van der Waals surface area contributed by atoms with Gasteiger partial charge in [0.05, 0.1) is 32.2 Å². The molecule has 0 spiro atoms. The molecule has 0 saturated heterocycles. The molecule has 0 aliphatic heterocycles. The van der Waals surface area contributed by atoms with Crippen LogP contribution in [0.2, 0.25) is 0 Å². The molecular formula is C25H52N2O4. The Morgan fingerprint density at radius 2 is 1.03 bits per heavy atom. The van der Waals surface area contributed by atoms with Crippen molar-refractivity contribution in [2.45, 2.75) is 132 Å². The van der Waals surface area contributed by atoms with Crippen molar-refractivity contribution in [1.82, 2.24) is 9.80 Å². The lowest BCUT2D eigenvalue weighted by Crippen LogP contribution is -2.42. The summed E-state index contributed by atoms with van der Waals surface area (Å²) in [5.74, 6) is 0.377. The van der Waals surface area contributed by atoms with Gasteiger partial charge in [-0.1, -0.05) is 13.3 Å². The maximum absolute atomic E-state index is 11.9. The Morgan fingerprint density at radius 1 is 0.645 bits per heavy atom. The van der Waals surface area contributed by atoms with Crippen LogP contribution in [0.3, 0.4) is 0 Å². The predicted molar refractivity (Wildman–Crippen MR) is 130 cm³/mol. The zero-order valence-corrected chi connectivity index (χ0v) is 22.4. The average Bonchev–Trinajstić information content (AvgIpc) is 2.60. The lowest BCUT2D eigenvalue weighted by molar-refractivity contribution is -0.137. The van der Waals surface area contributed by atoms with Gasteiger partial charge in [0.2, 0.25) is 11.8 Å². The van der Waals surface area contributed by atoms with E-state index in [4.69, 9.17) is 9.47 Å². The smallest absolute Gasteiger partial charge is 0.225 e. The van der Waals surface area contributed by atoms with Gasteiger partial charge in [-0.3, -0.25) is 9.59 Å². The summed E-state index contributed by atoms with van der Waals surface area (Å²) in [6.45, 7) is 24.3. The number of amides is 2. The molecule has 186 valence electrons. The summed E-state index contributed by atoms with van der Waals surface area (Å²) in [6, 6.07) is 1.05. The van der Waals surface area contributed by atoms with E-state index < -0.39 is 0 Å². The average molecular weight is 445 g/mol. The third kappa shape index (κ3) is 16.2. The topological polar surface area (TPSA) is 59.1 Å². The van der Waals surface area contributed by atoms with Crippen LogP contribution in [0.4, 0.5) is 0 Å². The molecule has 0 aromatic heterocycles. The summed E-state index contributed by atoms with van der Waals surface area (Å²) in [5, 5.41) is 0. The van der Waals surface area contributed by atoms with Gasteiger partial charge in [-0.05, 0) is 75.7 Å². The van der Waals surface area contributed by atoms with Crippen molar-refractivity contribution < 1.29 is 19.1 Å². The number of ether oxygens (including phenoxy) is 2. The minimum absolute atomic E-state index is 0.181. The molecule has 0 aliphatic rings. The van der Waals surface area contributed by atoms with Crippen LogP contribution in [0.5, 0.6) is 0 Å². The number of hydrogen-bond donors (Lipinski definition) is 0. The molecule has 0 fully saturated rings. The number of carbonyl (C=O) groups is 2. The largest absolute Gasteiger partial charge is 0.381 e. The molecule has 0 aromatic rings. The lowest BCUT2D eigenvalue weighted by atomic mass is 10.2. The molecule has 0 aliphatic carbocycles. The molecule has 0 heterocycles. The first kappa shape index (κ1) is 32.0. The molecule has 0 radical (unpaired) electrons. The fourth-order valence-corrected chi connectivity index (χ4v) is 3.49. The van der Waals surface area contributed by atoms with E-state index in [1.807, 2.05) is 51.3 Å². The Labute approximate surface area is 193 Å². The summed E-state index contributed by atoms with van der Waals surface area (Å²) < 4.78 is 10.8. The molecule has 2 amide bonds. The van der Waals surface area contributed by atoms with Gasteiger partial charge in [-0.2, -0.15) is 0 Å². The highest BCUT2D eigenvalue weighted by Gasteiger charge is 2.20. The molecule has 0 unspecified atom stereocenters. The van der Waals surface area contributed by atoms with Crippen LogP contribution in [-0.2, 0) is 19.1 Å². The number of hydrogen-bond acceptors (Lipinski definition) is 4. The predicted octanol–water partition coefficient (Wildman–Crippen LogP) is 5.29. The van der Waals surface area contributed by atoms with Crippen LogP contribution in [0.15, 0.2) is 0 Å². The third-order valence-electron chi connectivity index (χ3n) is 4.67. The van der Waals surface area contributed by atoms with Crippen molar-refractivity contribution >= 4 is 11.8 Å². The Hall–Kier alpha value is -1.14. The van der Waals surface area contributed by atoms with E-state index >= 15 is 0 Å². The molecule has 6 heteroatoms. The summed E-state index contributed by atoms with van der Waals surface area (Å²) in [6.07, 6.45) is 3.39. The lowest BCUT2D eigenvalue weighted by Gasteiger charge is -2.30. The summed E-state index contributed by atoms with van der Waals surface area (Å²) in [4.78, 5) is 27.6. The second-order valence-electron chi connectivity index (χ2n) is 9.36. The highest BCUT2D eigenvalue weighted by Crippen LogP contribution is 2.08. The monoisotopic (exact) mass is 444 g/mol. The second-order valence-corrected chi connectivity index (χ2v) is 9.36. The van der Waals surface area contributed by atoms with Crippen LogP contribution < -0.4 is 0 Å². The fraction of sp³-hybridized carbons (Fsp3) is 0.920. The van der Waals surface area contributed by atoms with Crippen molar-refractivity contribution in [2.24, 2.45) is 0 Å². The molecule has 0 saturated carbocycles. The molecule has 0 N–H and O–H groups in total. The molecular weight excluding hydrogens is 392 g/mol. The normalized spacial score (nSPS) is 11.4. The highest BCUT2D eigenvalue weighted by atomic mass is 16.5. The van der Waals surface area contributed by atoms with E-state index in [1.165, 1.54) is 0 Å². The van der Waals surface area contributed by atoms with Crippen LogP contribution >= 0.6 is 0 Å². The Bertz CT molecular complexity index is 446. The van der Waals surface area contributed by atoms with Crippen LogP contribution in [0, 0.1) is 0 Å². The summed E-state index contributed by atoms with van der Waals surface area (Å²) in [7, 11) is 0. The number of carbonyl (C=O) groups excluding carboxylic acids is 2. The standard InChI is InChI=1S/C13H27NO2.C12H25NO2/c1-6-7-9-16-10-8-13(15)14(11(2)3)12(4)5;1-9(2)13(10(3)4)12(14)7-8-15-11(5)6/h11-12H,6-10H2,1-5H3;9-11H,7-8H2,1-6H3. The van der Waals surface area contributed by atoms with Crippen LogP contribution in [-0.4, -0.2) is 71.7 Å². The van der Waals surface area contributed by atoms with Gasteiger partial charge in [0.15, 0.2) is 0 Å². The Balaban J connectivity index is 0. The minimum Gasteiger partial charge on any atom is -0.381 e. The molecule has 0 bridgehead atoms. The van der Waals surface area contributed by atoms with Gasteiger partial charge in [-0.15, -0.1) is 0 Å². The minimum atomic E-state index is 0.181. The first-order chi connectivity index (χ1) is 14.4. The number of rotatable bonds is 14. The van der Waals surface area contributed by atoms with Crippen molar-refractivity contribution in [3.8, 4) is 0 Å². The summed E-state index contributed by atoms with van der Waals surface area (Å²) in [5.41, 5.74) is 0. The van der Waals surface area contributed by atoms with E-state index in [-0.39, 0.29) is 42.1 Å². The van der Waals surface area contributed by atoms with E-state index in [0.29, 0.717) is 26.1 Å². The zero-order valence-electron chi connectivity index (χ0n) is 22.4. The zero-order chi connectivity index (χ0) is 24.6. The van der Waals surface area contributed by atoms with Gasteiger partial charge in [0, 0.05) is 30.8 Å².